The number of carbonyl (C=O) groups excluding carboxylic acids is 3. The van der Waals surface area contributed by atoms with Crippen LogP contribution in [0.1, 0.15) is 36.1 Å². The molecule has 4 aromatic carbocycles. The number of hydrogen-bond acceptors (Lipinski definition) is 8. The molecular formula is C35H35NO7S. The highest BCUT2D eigenvalue weighted by molar-refractivity contribution is 8.13. The summed E-state index contributed by atoms with van der Waals surface area (Å²) >= 11 is 0.906. The van der Waals surface area contributed by atoms with Gasteiger partial charge < -0.3 is 24.3 Å². The number of thioether (sulfide) groups is 1. The Morgan fingerprint density at radius 3 is 1.80 bits per heavy atom. The molecule has 0 unspecified atom stereocenters. The number of rotatable bonds is 13. The van der Waals surface area contributed by atoms with Crippen LogP contribution in [-0.4, -0.2) is 31.4 Å². The summed E-state index contributed by atoms with van der Waals surface area (Å²) in [6, 6.07) is 31.1. The van der Waals surface area contributed by atoms with E-state index in [-0.39, 0.29) is 19.6 Å². The van der Waals surface area contributed by atoms with Gasteiger partial charge in [0.1, 0.15) is 24.7 Å². The number of amides is 1. The molecule has 1 amide bonds. The number of carbonyl (C=O) groups is 3. The minimum atomic E-state index is -1.82. The molecule has 0 heterocycles. The standard InChI is InChI=1S/C35H35NO7S/c1-4-35(33(38)44-30-21-19-29(41-3)20-22-30,32(37)42-23-26-15-17-28(40-2)18-16-26)31(27-13-9-6-10-14-27)36-34(39)43-24-25-11-7-5-8-12-25/h5-22,31H,4,23-24H2,1-3H3,(H,36,39)/t31-,35-/m0/s1. The molecule has 0 bridgehead atoms. The third-order valence-electron chi connectivity index (χ3n) is 7.19. The zero-order valence-electron chi connectivity index (χ0n) is 24.9. The van der Waals surface area contributed by atoms with E-state index in [4.69, 9.17) is 18.9 Å². The quantitative estimate of drug-likeness (QED) is 0.0966. The van der Waals surface area contributed by atoms with Gasteiger partial charge in [0.25, 0.3) is 0 Å². The normalized spacial score (nSPS) is 12.7. The molecule has 2 atom stereocenters. The van der Waals surface area contributed by atoms with E-state index < -0.39 is 28.6 Å². The number of benzene rings is 4. The third-order valence-corrected chi connectivity index (χ3v) is 8.24. The first-order valence-electron chi connectivity index (χ1n) is 14.1. The van der Waals surface area contributed by atoms with Gasteiger partial charge in [-0.15, -0.1) is 0 Å². The molecule has 0 aliphatic heterocycles. The van der Waals surface area contributed by atoms with E-state index in [9.17, 15) is 14.4 Å². The molecule has 9 heteroatoms. The second kappa shape index (κ2) is 15.6. The summed E-state index contributed by atoms with van der Waals surface area (Å²) in [4.78, 5) is 42.4. The lowest BCUT2D eigenvalue weighted by Crippen LogP contribution is -2.50. The molecule has 4 aromatic rings. The summed E-state index contributed by atoms with van der Waals surface area (Å²) in [6.07, 6.45) is -0.736. The predicted octanol–water partition coefficient (Wildman–Crippen LogP) is 7.13. The lowest BCUT2D eigenvalue weighted by molar-refractivity contribution is -0.162. The van der Waals surface area contributed by atoms with Crippen LogP contribution in [0.15, 0.2) is 114 Å². The van der Waals surface area contributed by atoms with Crippen molar-refractivity contribution in [2.45, 2.75) is 37.5 Å². The molecule has 8 nitrogen and oxygen atoms in total. The van der Waals surface area contributed by atoms with Crippen molar-refractivity contribution in [3.63, 3.8) is 0 Å². The van der Waals surface area contributed by atoms with E-state index in [1.165, 1.54) is 0 Å². The van der Waals surface area contributed by atoms with Gasteiger partial charge in [0.05, 0.1) is 20.3 Å². The second-order valence-electron chi connectivity index (χ2n) is 9.86. The zero-order valence-corrected chi connectivity index (χ0v) is 25.7. The Balaban J connectivity index is 1.69. The number of alkyl carbamates (subject to hydrolysis) is 1. The monoisotopic (exact) mass is 613 g/mol. The van der Waals surface area contributed by atoms with E-state index >= 15 is 0 Å². The Morgan fingerprint density at radius 2 is 1.23 bits per heavy atom. The zero-order chi connectivity index (χ0) is 31.4. The Kier molecular flexibility index (Phi) is 11.4. The van der Waals surface area contributed by atoms with Crippen LogP contribution in [0.3, 0.4) is 0 Å². The van der Waals surface area contributed by atoms with Crippen molar-refractivity contribution >= 4 is 28.9 Å². The SMILES string of the molecule is CC[C@](C(=O)OCc1ccc(OC)cc1)(C(=O)Sc1ccc(OC)cc1)[C@@H](NC(=O)OCc1ccccc1)c1ccccc1. The summed E-state index contributed by atoms with van der Waals surface area (Å²) in [5, 5.41) is 2.36. The first kappa shape index (κ1) is 32.2. The number of hydrogen-bond donors (Lipinski definition) is 1. The lowest BCUT2D eigenvalue weighted by atomic mass is 9.75. The largest absolute Gasteiger partial charge is 0.497 e. The van der Waals surface area contributed by atoms with Crippen LogP contribution in [0.4, 0.5) is 4.79 Å². The summed E-state index contributed by atoms with van der Waals surface area (Å²) in [7, 11) is 3.12. The maximum absolute atomic E-state index is 14.4. The highest BCUT2D eigenvalue weighted by atomic mass is 32.2. The smallest absolute Gasteiger partial charge is 0.408 e. The fourth-order valence-corrected chi connectivity index (χ4v) is 5.69. The van der Waals surface area contributed by atoms with Crippen molar-refractivity contribution in [3.8, 4) is 11.5 Å². The van der Waals surface area contributed by atoms with Crippen LogP contribution in [0.2, 0.25) is 0 Å². The molecule has 0 aliphatic carbocycles. The molecule has 0 radical (unpaired) electrons. The van der Waals surface area contributed by atoms with E-state index in [1.54, 1.807) is 93.9 Å². The molecule has 0 spiro atoms. The number of esters is 1. The number of methoxy groups -OCH3 is 2. The van der Waals surface area contributed by atoms with Gasteiger partial charge in [-0.1, -0.05) is 91.5 Å². The van der Waals surface area contributed by atoms with Crippen molar-refractivity contribution in [2.24, 2.45) is 5.41 Å². The van der Waals surface area contributed by atoms with Crippen molar-refractivity contribution in [3.05, 3.63) is 126 Å². The van der Waals surface area contributed by atoms with Gasteiger partial charge in [0.15, 0.2) is 5.41 Å². The van der Waals surface area contributed by atoms with Gasteiger partial charge in [-0.3, -0.25) is 9.59 Å². The van der Waals surface area contributed by atoms with Crippen LogP contribution in [0.5, 0.6) is 11.5 Å². The molecule has 0 aromatic heterocycles. The van der Waals surface area contributed by atoms with E-state index in [0.717, 1.165) is 17.3 Å². The van der Waals surface area contributed by atoms with E-state index in [0.29, 0.717) is 27.5 Å². The highest BCUT2D eigenvalue weighted by Crippen LogP contribution is 2.45. The molecule has 0 saturated carbocycles. The summed E-state index contributed by atoms with van der Waals surface area (Å²) in [5.74, 6) is 0.530. The molecule has 44 heavy (non-hydrogen) atoms. The van der Waals surface area contributed by atoms with Gasteiger partial charge in [0, 0.05) is 4.90 Å². The highest BCUT2D eigenvalue weighted by Gasteiger charge is 2.54. The Hall–Kier alpha value is -4.76. The minimum absolute atomic E-state index is 0.0176. The molecular weight excluding hydrogens is 578 g/mol. The Labute approximate surface area is 261 Å². The lowest BCUT2D eigenvalue weighted by Gasteiger charge is -2.36. The maximum atomic E-state index is 14.4. The van der Waals surface area contributed by atoms with E-state index in [1.807, 2.05) is 36.4 Å². The third kappa shape index (κ3) is 7.99. The maximum Gasteiger partial charge on any atom is 0.408 e. The molecule has 228 valence electrons. The first-order valence-corrected chi connectivity index (χ1v) is 14.9. The predicted molar refractivity (Wildman–Crippen MR) is 168 cm³/mol. The second-order valence-corrected chi connectivity index (χ2v) is 10.9. The number of ether oxygens (including phenoxy) is 4. The average molecular weight is 614 g/mol. The molecule has 0 aliphatic rings. The van der Waals surface area contributed by atoms with Gasteiger partial charge in [0.2, 0.25) is 5.12 Å². The van der Waals surface area contributed by atoms with Crippen molar-refractivity contribution in [2.75, 3.05) is 14.2 Å². The van der Waals surface area contributed by atoms with E-state index in [2.05, 4.69) is 5.32 Å². The summed E-state index contributed by atoms with van der Waals surface area (Å²) in [5.41, 5.74) is 0.247. The van der Waals surface area contributed by atoms with Crippen LogP contribution in [0, 0.1) is 5.41 Å². The van der Waals surface area contributed by atoms with Crippen molar-refractivity contribution in [1.29, 1.82) is 0 Å². The molecule has 0 fully saturated rings. The fraction of sp³-hybridized carbons (Fsp3) is 0.229. The average Bonchev–Trinajstić information content (AvgIpc) is 3.07. The van der Waals surface area contributed by atoms with Crippen LogP contribution in [-0.2, 0) is 32.3 Å². The van der Waals surface area contributed by atoms with Gasteiger partial charge in [-0.25, -0.2) is 4.79 Å². The number of nitrogens with one attached hydrogen (secondary N) is 1. The van der Waals surface area contributed by atoms with Crippen molar-refractivity contribution < 1.29 is 33.3 Å². The molecule has 0 saturated heterocycles. The van der Waals surface area contributed by atoms with Gasteiger partial charge >= 0.3 is 12.1 Å². The van der Waals surface area contributed by atoms with Crippen molar-refractivity contribution in [1.82, 2.24) is 5.32 Å². The van der Waals surface area contributed by atoms with Crippen LogP contribution >= 0.6 is 11.8 Å². The minimum Gasteiger partial charge on any atom is -0.497 e. The molecule has 4 rings (SSSR count). The summed E-state index contributed by atoms with van der Waals surface area (Å²) in [6.45, 7) is 1.67. The van der Waals surface area contributed by atoms with Crippen LogP contribution < -0.4 is 14.8 Å². The van der Waals surface area contributed by atoms with Gasteiger partial charge in [-0.05, 0) is 59.5 Å². The van der Waals surface area contributed by atoms with Crippen LogP contribution in [0.25, 0.3) is 0 Å². The Morgan fingerprint density at radius 1 is 0.705 bits per heavy atom. The fourth-order valence-electron chi connectivity index (χ4n) is 4.67. The van der Waals surface area contributed by atoms with Gasteiger partial charge in [-0.2, -0.15) is 0 Å². The molecule has 1 N–H and O–H groups in total. The Bertz CT molecular complexity index is 1510. The summed E-state index contributed by atoms with van der Waals surface area (Å²) < 4.78 is 21.8. The first-order chi connectivity index (χ1) is 21.4. The topological polar surface area (TPSA) is 100 Å².